The van der Waals surface area contributed by atoms with Crippen molar-refractivity contribution in [1.82, 2.24) is 10.2 Å². The predicted octanol–water partition coefficient (Wildman–Crippen LogP) is 4.79. The molecule has 0 saturated carbocycles. The topological polar surface area (TPSA) is 58.6 Å². The fraction of sp³-hybridized carbons (Fsp3) is 0.286. The number of halogens is 1. The minimum Gasteiger partial charge on any atom is -0.481 e. The lowest BCUT2D eigenvalue weighted by molar-refractivity contribution is -0.133. The molecule has 2 amide bonds. The lowest BCUT2D eigenvalue weighted by atomic mass is 9.87. The average Bonchev–Trinajstić information content (AvgIpc) is 2.86. The molecule has 3 aromatic rings. The summed E-state index contributed by atoms with van der Waals surface area (Å²) in [4.78, 5) is 27.1. The van der Waals surface area contributed by atoms with E-state index in [1.54, 1.807) is 17.9 Å². The van der Waals surface area contributed by atoms with Crippen LogP contribution in [0.3, 0.4) is 0 Å². The molecule has 3 aromatic carbocycles. The number of hydrogen-bond acceptors (Lipinski definition) is 3. The fourth-order valence-corrected chi connectivity index (χ4v) is 4.36. The average molecular weight is 461 g/mol. The molecule has 0 radical (unpaired) electrons. The van der Waals surface area contributed by atoms with E-state index in [0.29, 0.717) is 37.2 Å². The van der Waals surface area contributed by atoms with Gasteiger partial charge in [0, 0.05) is 19.5 Å². The minimum atomic E-state index is -0.702. The van der Waals surface area contributed by atoms with Crippen molar-refractivity contribution in [3.63, 3.8) is 0 Å². The molecule has 1 heterocycles. The standard InChI is InChI=1S/C28H29FN2O3/c1-3-26(32)31-15-14-21-12-13-24(17-25(21)27(31)22-10-7-11-23(29)16-22)34-19(2)28(33)30-18-20-8-5-4-6-9-20/h4-13,16-17,19,27H,3,14-15,18H2,1-2H3,(H,30,33)/t19-,27+/m1/s1. The Labute approximate surface area is 199 Å². The number of fused-ring (bicyclic) bond motifs is 1. The molecule has 4 rings (SSSR count). The van der Waals surface area contributed by atoms with Crippen molar-refractivity contribution in [2.45, 2.75) is 45.4 Å². The summed E-state index contributed by atoms with van der Waals surface area (Å²) in [6, 6.07) is 21.3. The minimum absolute atomic E-state index is 0.0138. The molecule has 34 heavy (non-hydrogen) atoms. The van der Waals surface area contributed by atoms with Crippen LogP contribution in [0.2, 0.25) is 0 Å². The summed E-state index contributed by atoms with van der Waals surface area (Å²) in [5.41, 5.74) is 3.71. The first-order chi connectivity index (χ1) is 16.5. The van der Waals surface area contributed by atoms with E-state index in [2.05, 4.69) is 5.32 Å². The molecule has 176 valence electrons. The van der Waals surface area contributed by atoms with Gasteiger partial charge in [0.1, 0.15) is 11.6 Å². The van der Waals surface area contributed by atoms with Gasteiger partial charge in [-0.3, -0.25) is 9.59 Å². The molecule has 0 aromatic heterocycles. The Morgan fingerprint density at radius 3 is 2.62 bits per heavy atom. The van der Waals surface area contributed by atoms with Crippen molar-refractivity contribution in [2.24, 2.45) is 0 Å². The normalized spacial score (nSPS) is 15.9. The SMILES string of the molecule is CCC(=O)N1CCc2ccc(O[C@H](C)C(=O)NCc3ccccc3)cc2[C@@H]1c1cccc(F)c1. The zero-order valence-corrected chi connectivity index (χ0v) is 19.5. The molecule has 0 spiro atoms. The molecule has 2 atom stereocenters. The molecule has 1 aliphatic heterocycles. The molecule has 0 fully saturated rings. The monoisotopic (exact) mass is 460 g/mol. The fourth-order valence-electron chi connectivity index (χ4n) is 4.36. The van der Waals surface area contributed by atoms with Crippen LogP contribution >= 0.6 is 0 Å². The van der Waals surface area contributed by atoms with Crippen molar-refractivity contribution in [2.75, 3.05) is 6.54 Å². The molecular weight excluding hydrogens is 431 g/mol. The van der Waals surface area contributed by atoms with Gasteiger partial charge in [-0.05, 0) is 59.9 Å². The lowest BCUT2D eigenvalue weighted by Gasteiger charge is -2.38. The number of benzene rings is 3. The number of carbonyl (C=O) groups is 2. The van der Waals surface area contributed by atoms with Crippen molar-refractivity contribution in [3.8, 4) is 5.75 Å². The van der Waals surface area contributed by atoms with Gasteiger partial charge in [0.15, 0.2) is 6.10 Å². The van der Waals surface area contributed by atoms with Crippen molar-refractivity contribution in [3.05, 3.63) is 101 Å². The Balaban J connectivity index is 1.56. The maximum absolute atomic E-state index is 14.1. The van der Waals surface area contributed by atoms with Crippen LogP contribution in [0, 0.1) is 5.82 Å². The summed E-state index contributed by atoms with van der Waals surface area (Å²) in [5.74, 6) is -0.0103. The summed E-state index contributed by atoms with van der Waals surface area (Å²) >= 11 is 0. The maximum Gasteiger partial charge on any atom is 0.261 e. The smallest absolute Gasteiger partial charge is 0.261 e. The van der Waals surface area contributed by atoms with Gasteiger partial charge < -0.3 is 15.0 Å². The molecule has 0 unspecified atom stereocenters. The molecule has 0 bridgehead atoms. The first-order valence-corrected chi connectivity index (χ1v) is 11.6. The Morgan fingerprint density at radius 2 is 1.88 bits per heavy atom. The number of amides is 2. The predicted molar refractivity (Wildman–Crippen MR) is 129 cm³/mol. The van der Waals surface area contributed by atoms with Crippen LogP contribution in [0.1, 0.15) is 48.6 Å². The van der Waals surface area contributed by atoms with E-state index in [0.717, 1.165) is 16.7 Å². The molecule has 6 heteroatoms. The molecule has 0 saturated heterocycles. The second-order valence-corrected chi connectivity index (χ2v) is 8.47. The summed E-state index contributed by atoms with van der Waals surface area (Å²) in [5, 5.41) is 2.89. The van der Waals surface area contributed by atoms with Crippen LogP contribution < -0.4 is 10.1 Å². The highest BCUT2D eigenvalue weighted by molar-refractivity contribution is 5.80. The molecular formula is C28H29FN2O3. The maximum atomic E-state index is 14.1. The van der Waals surface area contributed by atoms with Crippen LogP contribution in [0.15, 0.2) is 72.8 Å². The van der Waals surface area contributed by atoms with E-state index in [-0.39, 0.29) is 17.6 Å². The van der Waals surface area contributed by atoms with Gasteiger partial charge in [0.25, 0.3) is 5.91 Å². The third kappa shape index (κ3) is 5.28. The van der Waals surface area contributed by atoms with Gasteiger partial charge in [-0.25, -0.2) is 4.39 Å². The Hall–Kier alpha value is -3.67. The molecule has 1 aliphatic rings. The van der Waals surface area contributed by atoms with Gasteiger partial charge >= 0.3 is 0 Å². The quantitative estimate of drug-likeness (QED) is 0.551. The second-order valence-electron chi connectivity index (χ2n) is 8.47. The van der Waals surface area contributed by atoms with Gasteiger partial charge in [-0.15, -0.1) is 0 Å². The van der Waals surface area contributed by atoms with Gasteiger partial charge in [0.05, 0.1) is 6.04 Å². The van der Waals surface area contributed by atoms with Crippen LogP contribution in [0.25, 0.3) is 0 Å². The van der Waals surface area contributed by atoms with E-state index in [1.807, 2.05) is 61.5 Å². The van der Waals surface area contributed by atoms with E-state index >= 15 is 0 Å². The summed E-state index contributed by atoms with van der Waals surface area (Å²) in [6.07, 6.45) is 0.377. The zero-order valence-electron chi connectivity index (χ0n) is 19.5. The van der Waals surface area contributed by atoms with Gasteiger partial charge in [0.2, 0.25) is 5.91 Å². The molecule has 0 aliphatic carbocycles. The molecule has 1 N–H and O–H groups in total. The van der Waals surface area contributed by atoms with Crippen LogP contribution in [0.4, 0.5) is 4.39 Å². The summed E-state index contributed by atoms with van der Waals surface area (Å²) in [6.45, 7) is 4.53. The number of ether oxygens (including phenoxy) is 1. The van der Waals surface area contributed by atoms with Crippen molar-refractivity contribution < 1.29 is 18.7 Å². The largest absolute Gasteiger partial charge is 0.481 e. The molecule has 5 nitrogen and oxygen atoms in total. The van der Waals surface area contributed by atoms with Gasteiger partial charge in [-0.2, -0.15) is 0 Å². The van der Waals surface area contributed by atoms with Crippen molar-refractivity contribution in [1.29, 1.82) is 0 Å². The second kappa shape index (κ2) is 10.5. The van der Waals surface area contributed by atoms with Crippen LogP contribution in [-0.4, -0.2) is 29.4 Å². The Bertz CT molecular complexity index is 1170. The number of nitrogens with one attached hydrogen (secondary N) is 1. The van der Waals surface area contributed by atoms with Crippen molar-refractivity contribution >= 4 is 11.8 Å². The van der Waals surface area contributed by atoms with E-state index < -0.39 is 12.1 Å². The third-order valence-corrected chi connectivity index (χ3v) is 6.12. The zero-order chi connectivity index (χ0) is 24.1. The highest BCUT2D eigenvalue weighted by atomic mass is 19.1. The number of rotatable bonds is 7. The summed E-state index contributed by atoms with van der Waals surface area (Å²) < 4.78 is 20.0. The first kappa shape index (κ1) is 23.5. The van der Waals surface area contributed by atoms with Gasteiger partial charge in [-0.1, -0.05) is 55.5 Å². The Morgan fingerprint density at radius 1 is 1.09 bits per heavy atom. The lowest BCUT2D eigenvalue weighted by Crippen LogP contribution is -2.40. The highest BCUT2D eigenvalue weighted by Gasteiger charge is 2.32. The van der Waals surface area contributed by atoms with Crippen LogP contribution in [-0.2, 0) is 22.6 Å². The third-order valence-electron chi connectivity index (χ3n) is 6.12. The van der Waals surface area contributed by atoms with Crippen LogP contribution in [0.5, 0.6) is 5.75 Å². The van der Waals surface area contributed by atoms with E-state index in [4.69, 9.17) is 4.74 Å². The number of carbonyl (C=O) groups excluding carboxylic acids is 2. The van der Waals surface area contributed by atoms with E-state index in [9.17, 15) is 14.0 Å². The Kier molecular flexibility index (Phi) is 7.26. The first-order valence-electron chi connectivity index (χ1n) is 11.6. The number of nitrogens with zero attached hydrogens (tertiary/aromatic N) is 1. The number of hydrogen-bond donors (Lipinski definition) is 1. The van der Waals surface area contributed by atoms with E-state index in [1.165, 1.54) is 12.1 Å². The highest BCUT2D eigenvalue weighted by Crippen LogP contribution is 2.37. The summed E-state index contributed by atoms with van der Waals surface area (Å²) in [7, 11) is 0.